The molecular weight excluding hydrogens is 476 g/mol. The zero-order valence-corrected chi connectivity index (χ0v) is 19.9. The highest BCUT2D eigenvalue weighted by atomic mass is 16.7. The van der Waals surface area contributed by atoms with Gasteiger partial charge in [0.1, 0.15) is 12.7 Å². The van der Waals surface area contributed by atoms with Crippen LogP contribution < -0.4 is 0 Å². The van der Waals surface area contributed by atoms with E-state index in [2.05, 4.69) is 6.58 Å². The molecule has 1 fully saturated rings. The molecule has 1 aliphatic rings. The number of carbonyl (C=O) groups excluding carboxylic acids is 3. The van der Waals surface area contributed by atoms with Crippen molar-refractivity contribution in [3.8, 4) is 0 Å². The maximum absolute atomic E-state index is 12.9. The van der Waals surface area contributed by atoms with E-state index >= 15 is 0 Å². The molecule has 0 spiro atoms. The van der Waals surface area contributed by atoms with Crippen molar-refractivity contribution in [1.29, 1.82) is 0 Å². The summed E-state index contributed by atoms with van der Waals surface area (Å²) in [6.07, 6.45) is -2.77. The number of ether oxygens (including phenoxy) is 4. The lowest BCUT2D eigenvalue weighted by atomic mass is 9.91. The average molecular weight is 503 g/mol. The summed E-state index contributed by atoms with van der Waals surface area (Å²) in [7, 11) is 0. The second-order valence-corrected chi connectivity index (χ2v) is 8.42. The van der Waals surface area contributed by atoms with Crippen LogP contribution in [0.25, 0.3) is 0 Å². The number of rotatable bonds is 9. The Morgan fingerprint density at radius 2 is 1.24 bits per heavy atom. The summed E-state index contributed by atoms with van der Waals surface area (Å²) in [6, 6.07) is 24.7. The summed E-state index contributed by atoms with van der Waals surface area (Å²) in [6.45, 7) is 3.29. The minimum atomic E-state index is -2.00. The molecule has 1 heterocycles. The molecule has 8 heteroatoms. The Kier molecular flexibility index (Phi) is 8.12. The fraction of sp³-hybridized carbons (Fsp3) is 0.207. The van der Waals surface area contributed by atoms with Gasteiger partial charge in [-0.2, -0.15) is 0 Å². The van der Waals surface area contributed by atoms with E-state index in [-0.39, 0.29) is 24.2 Å². The van der Waals surface area contributed by atoms with Crippen molar-refractivity contribution in [2.45, 2.75) is 30.5 Å². The van der Waals surface area contributed by atoms with E-state index in [0.717, 1.165) is 0 Å². The van der Waals surface area contributed by atoms with Gasteiger partial charge >= 0.3 is 17.9 Å². The Labute approximate surface area is 214 Å². The highest BCUT2D eigenvalue weighted by Gasteiger charge is 2.60. The van der Waals surface area contributed by atoms with Crippen LogP contribution in [0.1, 0.15) is 37.5 Å². The van der Waals surface area contributed by atoms with Gasteiger partial charge in [0.2, 0.25) is 6.29 Å². The Balaban J connectivity index is 1.59. The van der Waals surface area contributed by atoms with Crippen LogP contribution in [-0.4, -0.2) is 53.7 Å². The molecule has 3 aromatic carbocycles. The van der Waals surface area contributed by atoms with Gasteiger partial charge in [0.15, 0.2) is 11.7 Å². The molecule has 0 radical (unpaired) electrons. The van der Waals surface area contributed by atoms with Crippen molar-refractivity contribution in [1.82, 2.24) is 0 Å². The number of hydrogen-bond acceptors (Lipinski definition) is 8. The molecule has 4 atom stereocenters. The predicted molar refractivity (Wildman–Crippen MR) is 133 cm³/mol. The predicted octanol–water partition coefficient (Wildman–Crippen LogP) is 3.96. The van der Waals surface area contributed by atoms with Gasteiger partial charge in [-0.05, 0) is 36.4 Å². The molecular formula is C29H26O8. The molecule has 4 rings (SSSR count). The molecule has 0 saturated carbocycles. The molecule has 0 amide bonds. The summed E-state index contributed by atoms with van der Waals surface area (Å²) in [5.41, 5.74) is -1.20. The minimum Gasteiger partial charge on any atom is -0.459 e. The Morgan fingerprint density at radius 3 is 1.73 bits per heavy atom. The summed E-state index contributed by atoms with van der Waals surface area (Å²) in [4.78, 5) is 38.2. The molecule has 1 N–H and O–H groups in total. The Hall–Kier alpha value is -4.27. The van der Waals surface area contributed by atoms with Gasteiger partial charge in [0.25, 0.3) is 0 Å². The second kappa shape index (κ2) is 11.6. The van der Waals surface area contributed by atoms with Crippen LogP contribution in [0.3, 0.4) is 0 Å². The molecule has 8 nitrogen and oxygen atoms in total. The number of esters is 3. The fourth-order valence-electron chi connectivity index (χ4n) is 3.99. The lowest BCUT2D eigenvalue weighted by molar-refractivity contribution is -0.178. The summed E-state index contributed by atoms with van der Waals surface area (Å²) >= 11 is 0. The first-order valence-electron chi connectivity index (χ1n) is 11.7. The van der Waals surface area contributed by atoms with Crippen molar-refractivity contribution in [2.24, 2.45) is 0 Å². The number of aliphatic hydroxyl groups is 1. The smallest absolute Gasteiger partial charge is 0.340 e. The topological polar surface area (TPSA) is 108 Å². The third-order valence-electron chi connectivity index (χ3n) is 5.86. The third-order valence-corrected chi connectivity index (χ3v) is 5.86. The van der Waals surface area contributed by atoms with Crippen LogP contribution in [-0.2, 0) is 18.9 Å². The van der Waals surface area contributed by atoms with E-state index in [1.165, 1.54) is 6.08 Å². The lowest BCUT2D eigenvalue weighted by Gasteiger charge is -2.31. The van der Waals surface area contributed by atoms with Gasteiger partial charge in [0, 0.05) is 6.42 Å². The molecule has 37 heavy (non-hydrogen) atoms. The first-order chi connectivity index (χ1) is 17.9. The Bertz CT molecular complexity index is 1230. The monoisotopic (exact) mass is 502 g/mol. The zero-order chi connectivity index (χ0) is 26.3. The third kappa shape index (κ3) is 5.94. The molecule has 1 saturated heterocycles. The molecule has 3 aromatic rings. The summed E-state index contributed by atoms with van der Waals surface area (Å²) in [5.74, 6) is -2.11. The van der Waals surface area contributed by atoms with Crippen molar-refractivity contribution < 1.29 is 38.4 Å². The van der Waals surface area contributed by atoms with Crippen molar-refractivity contribution in [2.75, 3.05) is 6.61 Å². The summed E-state index contributed by atoms with van der Waals surface area (Å²) < 4.78 is 22.5. The van der Waals surface area contributed by atoms with Crippen molar-refractivity contribution in [3.05, 3.63) is 120 Å². The lowest BCUT2D eigenvalue weighted by Crippen LogP contribution is -2.51. The SMILES string of the molecule is C=CC[C@@]1(O)C(OC(=O)c2ccccc2)[C@@H](COC(=O)c2ccccc2)O[C@@H]1OC(=O)c1ccccc1. The first kappa shape index (κ1) is 25.8. The van der Waals surface area contributed by atoms with E-state index in [0.29, 0.717) is 5.56 Å². The average Bonchev–Trinajstić information content (AvgIpc) is 3.18. The van der Waals surface area contributed by atoms with E-state index in [9.17, 15) is 19.5 Å². The molecule has 0 aromatic heterocycles. The standard InChI is InChI=1S/C29H26O8/c1-2-18-29(33)24(36-26(31)21-14-8-4-9-15-21)23(19-34-25(30)20-12-6-3-7-13-20)35-28(29)37-27(32)22-16-10-5-11-17-22/h2-17,23-24,28,33H,1,18-19H2/t23-,24?,28-,29-/m1/s1. The minimum absolute atomic E-state index is 0.143. The highest BCUT2D eigenvalue weighted by Crippen LogP contribution is 2.38. The molecule has 1 unspecified atom stereocenters. The van der Waals surface area contributed by atoms with E-state index in [1.54, 1.807) is 91.0 Å². The van der Waals surface area contributed by atoms with Gasteiger partial charge in [-0.15, -0.1) is 6.58 Å². The van der Waals surface area contributed by atoms with Crippen LogP contribution in [0.4, 0.5) is 0 Å². The molecule has 0 aliphatic carbocycles. The van der Waals surface area contributed by atoms with Gasteiger partial charge < -0.3 is 24.1 Å². The van der Waals surface area contributed by atoms with Crippen LogP contribution in [0, 0.1) is 0 Å². The van der Waals surface area contributed by atoms with Crippen LogP contribution >= 0.6 is 0 Å². The molecule has 0 bridgehead atoms. The molecule has 190 valence electrons. The summed E-state index contributed by atoms with van der Waals surface area (Å²) in [5, 5.41) is 11.7. The zero-order valence-electron chi connectivity index (χ0n) is 19.9. The van der Waals surface area contributed by atoms with Crippen molar-refractivity contribution in [3.63, 3.8) is 0 Å². The van der Waals surface area contributed by atoms with Gasteiger partial charge in [-0.1, -0.05) is 60.7 Å². The van der Waals surface area contributed by atoms with Crippen LogP contribution in [0.2, 0.25) is 0 Å². The maximum Gasteiger partial charge on any atom is 0.340 e. The largest absolute Gasteiger partial charge is 0.459 e. The first-order valence-corrected chi connectivity index (χ1v) is 11.7. The fourth-order valence-corrected chi connectivity index (χ4v) is 3.99. The van der Waals surface area contributed by atoms with E-state index in [4.69, 9.17) is 18.9 Å². The number of hydrogen-bond donors (Lipinski definition) is 1. The molecule has 1 aliphatic heterocycles. The normalized spacial score (nSPS) is 22.6. The quantitative estimate of drug-likeness (QED) is 0.266. The Morgan fingerprint density at radius 1 is 0.784 bits per heavy atom. The van der Waals surface area contributed by atoms with E-state index < -0.39 is 42.0 Å². The highest BCUT2D eigenvalue weighted by molar-refractivity contribution is 5.90. The number of carbonyl (C=O) groups is 3. The number of benzene rings is 3. The van der Waals surface area contributed by atoms with E-state index in [1.807, 2.05) is 0 Å². The van der Waals surface area contributed by atoms with Crippen LogP contribution in [0.5, 0.6) is 0 Å². The van der Waals surface area contributed by atoms with Gasteiger partial charge in [-0.25, -0.2) is 14.4 Å². The maximum atomic E-state index is 12.9. The van der Waals surface area contributed by atoms with Crippen LogP contribution in [0.15, 0.2) is 104 Å². The van der Waals surface area contributed by atoms with Gasteiger partial charge in [0.05, 0.1) is 16.7 Å². The second-order valence-electron chi connectivity index (χ2n) is 8.42. The van der Waals surface area contributed by atoms with Crippen molar-refractivity contribution >= 4 is 17.9 Å². The van der Waals surface area contributed by atoms with Gasteiger partial charge in [-0.3, -0.25) is 0 Å².